The molecule has 1 aliphatic heterocycles. The minimum atomic E-state index is -0.263. The molecule has 1 aliphatic rings. The molecule has 1 fully saturated rings. The van der Waals surface area contributed by atoms with Crippen molar-refractivity contribution in [2.45, 2.75) is 38.8 Å². The number of anilines is 1. The summed E-state index contributed by atoms with van der Waals surface area (Å²) in [5.41, 5.74) is 2.72. The van der Waals surface area contributed by atoms with Gasteiger partial charge in [-0.1, -0.05) is 12.1 Å². The lowest BCUT2D eigenvalue weighted by atomic mass is 10.1. The summed E-state index contributed by atoms with van der Waals surface area (Å²) < 4.78 is 0. The Balaban J connectivity index is 1.57. The van der Waals surface area contributed by atoms with Gasteiger partial charge < -0.3 is 15.5 Å². The standard InChI is InChI=1S/C20H24N4O2/c1-15(17-8-10-21-11-9-17)22-20(26)23-18-6-4-5-16(13-18)14-24-12-3-2-7-19(24)25/h4-6,8-11,13,15H,2-3,7,12,14H2,1H3,(H2,22,23,26). The van der Waals surface area contributed by atoms with E-state index in [1.54, 1.807) is 12.4 Å². The molecule has 1 aromatic heterocycles. The van der Waals surface area contributed by atoms with Gasteiger partial charge in [-0.3, -0.25) is 9.78 Å². The number of amides is 3. The largest absolute Gasteiger partial charge is 0.338 e. The number of likely N-dealkylation sites (tertiary alicyclic amines) is 1. The van der Waals surface area contributed by atoms with Gasteiger partial charge in [-0.15, -0.1) is 0 Å². The number of carbonyl (C=O) groups excluding carboxylic acids is 2. The second kappa shape index (κ2) is 8.47. The van der Waals surface area contributed by atoms with E-state index in [0.29, 0.717) is 18.7 Å². The first-order valence-electron chi connectivity index (χ1n) is 8.96. The molecule has 2 heterocycles. The summed E-state index contributed by atoms with van der Waals surface area (Å²) in [5, 5.41) is 5.77. The first-order valence-corrected chi connectivity index (χ1v) is 8.96. The third-order valence-electron chi connectivity index (χ3n) is 4.53. The van der Waals surface area contributed by atoms with E-state index in [9.17, 15) is 9.59 Å². The number of carbonyl (C=O) groups is 2. The van der Waals surface area contributed by atoms with Crippen LogP contribution in [0, 0.1) is 0 Å². The summed E-state index contributed by atoms with van der Waals surface area (Å²) in [6.45, 7) is 3.32. The number of pyridine rings is 1. The Hall–Kier alpha value is -2.89. The monoisotopic (exact) mass is 352 g/mol. The molecule has 0 spiro atoms. The van der Waals surface area contributed by atoms with E-state index in [0.717, 1.165) is 30.5 Å². The number of benzene rings is 1. The average molecular weight is 352 g/mol. The Morgan fingerprint density at radius 3 is 2.81 bits per heavy atom. The molecule has 6 nitrogen and oxygen atoms in total. The number of nitrogens with zero attached hydrogens (tertiary/aromatic N) is 2. The number of hydrogen-bond donors (Lipinski definition) is 2. The molecule has 2 aromatic rings. The lowest BCUT2D eigenvalue weighted by Gasteiger charge is -2.26. The van der Waals surface area contributed by atoms with E-state index in [-0.39, 0.29) is 18.0 Å². The molecule has 6 heteroatoms. The maximum Gasteiger partial charge on any atom is 0.319 e. The van der Waals surface area contributed by atoms with Crippen LogP contribution in [0.2, 0.25) is 0 Å². The highest BCUT2D eigenvalue weighted by molar-refractivity contribution is 5.89. The summed E-state index contributed by atoms with van der Waals surface area (Å²) in [5.74, 6) is 0.207. The highest BCUT2D eigenvalue weighted by atomic mass is 16.2. The molecular weight excluding hydrogens is 328 g/mol. The predicted octanol–water partition coefficient (Wildman–Crippen LogP) is 3.48. The molecule has 0 aliphatic carbocycles. The van der Waals surface area contributed by atoms with E-state index in [4.69, 9.17) is 0 Å². The van der Waals surface area contributed by atoms with Crippen LogP contribution >= 0.6 is 0 Å². The molecule has 1 unspecified atom stereocenters. The Morgan fingerprint density at radius 2 is 2.04 bits per heavy atom. The van der Waals surface area contributed by atoms with Crippen LogP contribution < -0.4 is 10.6 Å². The summed E-state index contributed by atoms with van der Waals surface area (Å²) in [7, 11) is 0. The SMILES string of the molecule is CC(NC(=O)Nc1cccc(CN2CCCCC2=O)c1)c1ccncc1. The quantitative estimate of drug-likeness (QED) is 0.865. The molecule has 136 valence electrons. The number of urea groups is 1. The summed E-state index contributed by atoms with van der Waals surface area (Å²) in [6, 6.07) is 11.0. The lowest BCUT2D eigenvalue weighted by Crippen LogP contribution is -2.34. The van der Waals surface area contributed by atoms with Crippen molar-refractivity contribution in [2.24, 2.45) is 0 Å². The molecule has 2 N–H and O–H groups in total. The second-order valence-corrected chi connectivity index (χ2v) is 6.57. The van der Waals surface area contributed by atoms with Gasteiger partial charge in [0, 0.05) is 37.6 Å². The maximum atomic E-state index is 12.2. The van der Waals surface area contributed by atoms with Crippen LogP contribution in [0.15, 0.2) is 48.8 Å². The Kier molecular flexibility index (Phi) is 5.84. The molecule has 0 bridgehead atoms. The Labute approximate surface area is 153 Å². The zero-order valence-electron chi connectivity index (χ0n) is 14.9. The second-order valence-electron chi connectivity index (χ2n) is 6.57. The van der Waals surface area contributed by atoms with Crippen molar-refractivity contribution >= 4 is 17.6 Å². The Bertz CT molecular complexity index is 763. The number of rotatable bonds is 5. The number of hydrogen-bond acceptors (Lipinski definition) is 3. The van der Waals surface area contributed by atoms with Crippen LogP contribution in [0.3, 0.4) is 0 Å². The maximum absolute atomic E-state index is 12.2. The van der Waals surface area contributed by atoms with Crippen LogP contribution in [0.25, 0.3) is 0 Å². The molecule has 0 saturated carbocycles. The van der Waals surface area contributed by atoms with Gasteiger partial charge in [0.05, 0.1) is 6.04 Å². The number of aromatic nitrogens is 1. The minimum Gasteiger partial charge on any atom is -0.338 e. The van der Waals surface area contributed by atoms with Crippen molar-refractivity contribution in [1.29, 1.82) is 0 Å². The molecule has 1 aromatic carbocycles. The van der Waals surface area contributed by atoms with Crippen molar-refractivity contribution in [3.8, 4) is 0 Å². The van der Waals surface area contributed by atoms with Gasteiger partial charge in [-0.25, -0.2) is 4.79 Å². The van der Waals surface area contributed by atoms with E-state index in [1.165, 1.54) is 0 Å². The molecule has 1 saturated heterocycles. The van der Waals surface area contributed by atoms with Crippen molar-refractivity contribution in [3.63, 3.8) is 0 Å². The first kappa shape index (κ1) is 17.9. The van der Waals surface area contributed by atoms with E-state index >= 15 is 0 Å². The van der Waals surface area contributed by atoms with Gasteiger partial charge in [-0.05, 0) is 55.2 Å². The normalized spacial score (nSPS) is 15.4. The van der Waals surface area contributed by atoms with Crippen LogP contribution in [0.5, 0.6) is 0 Å². The van der Waals surface area contributed by atoms with Gasteiger partial charge in [-0.2, -0.15) is 0 Å². The van der Waals surface area contributed by atoms with E-state index in [2.05, 4.69) is 15.6 Å². The van der Waals surface area contributed by atoms with Crippen molar-refractivity contribution in [3.05, 3.63) is 59.9 Å². The molecule has 1 atom stereocenters. The molecular formula is C20H24N4O2. The fourth-order valence-electron chi connectivity index (χ4n) is 3.10. The van der Waals surface area contributed by atoms with Gasteiger partial charge in [0.25, 0.3) is 0 Å². The average Bonchev–Trinajstić information content (AvgIpc) is 2.64. The number of piperidine rings is 1. The van der Waals surface area contributed by atoms with E-state index in [1.807, 2.05) is 48.2 Å². The molecule has 0 radical (unpaired) electrons. The van der Waals surface area contributed by atoms with Gasteiger partial charge >= 0.3 is 6.03 Å². The molecule has 3 amide bonds. The highest BCUT2D eigenvalue weighted by Crippen LogP contribution is 2.17. The number of nitrogens with one attached hydrogen (secondary N) is 2. The summed E-state index contributed by atoms with van der Waals surface area (Å²) in [6.07, 6.45) is 6.08. The summed E-state index contributed by atoms with van der Waals surface area (Å²) in [4.78, 5) is 30.1. The zero-order chi connectivity index (χ0) is 18.4. The van der Waals surface area contributed by atoms with E-state index < -0.39 is 0 Å². The smallest absolute Gasteiger partial charge is 0.319 e. The van der Waals surface area contributed by atoms with Crippen LogP contribution in [0.4, 0.5) is 10.5 Å². The lowest BCUT2D eigenvalue weighted by molar-refractivity contribution is -0.133. The van der Waals surface area contributed by atoms with Gasteiger partial charge in [0.1, 0.15) is 0 Å². The zero-order valence-corrected chi connectivity index (χ0v) is 14.9. The fraction of sp³-hybridized carbons (Fsp3) is 0.350. The molecule has 3 rings (SSSR count). The fourth-order valence-corrected chi connectivity index (χ4v) is 3.10. The highest BCUT2D eigenvalue weighted by Gasteiger charge is 2.18. The first-order chi connectivity index (χ1) is 12.6. The Morgan fingerprint density at radius 1 is 1.23 bits per heavy atom. The van der Waals surface area contributed by atoms with Crippen molar-refractivity contribution in [2.75, 3.05) is 11.9 Å². The van der Waals surface area contributed by atoms with Crippen molar-refractivity contribution < 1.29 is 9.59 Å². The van der Waals surface area contributed by atoms with Crippen LogP contribution in [-0.4, -0.2) is 28.4 Å². The predicted molar refractivity (Wildman–Crippen MR) is 101 cm³/mol. The van der Waals surface area contributed by atoms with Crippen LogP contribution in [-0.2, 0) is 11.3 Å². The topological polar surface area (TPSA) is 74.3 Å². The van der Waals surface area contributed by atoms with Crippen LogP contribution in [0.1, 0.15) is 43.4 Å². The minimum absolute atomic E-state index is 0.118. The molecule has 26 heavy (non-hydrogen) atoms. The van der Waals surface area contributed by atoms with Gasteiger partial charge in [0.2, 0.25) is 5.91 Å². The van der Waals surface area contributed by atoms with Gasteiger partial charge in [0.15, 0.2) is 0 Å². The summed E-state index contributed by atoms with van der Waals surface area (Å²) >= 11 is 0. The third kappa shape index (κ3) is 4.81. The van der Waals surface area contributed by atoms with Crippen molar-refractivity contribution in [1.82, 2.24) is 15.2 Å². The third-order valence-corrected chi connectivity index (χ3v) is 4.53.